The van der Waals surface area contributed by atoms with Gasteiger partial charge in [0, 0.05) is 6.54 Å². The number of hydrogen-bond acceptors (Lipinski definition) is 3. The number of para-hydroxylation sites is 1. The number of nitrogen functional groups attached to an aromatic ring is 1. The Morgan fingerprint density at radius 2 is 2.18 bits per heavy atom. The zero-order valence-corrected chi connectivity index (χ0v) is 9.53. The Labute approximate surface area is 99.4 Å². The molecule has 0 aliphatic carbocycles. The van der Waals surface area contributed by atoms with Gasteiger partial charge in [-0.2, -0.15) is 0 Å². The predicted molar refractivity (Wildman–Crippen MR) is 65.0 cm³/mol. The summed E-state index contributed by atoms with van der Waals surface area (Å²) < 4.78 is 13.4. The first-order chi connectivity index (χ1) is 8.11. The van der Waals surface area contributed by atoms with Gasteiger partial charge in [0.05, 0.1) is 11.4 Å². The van der Waals surface area contributed by atoms with Crippen LogP contribution >= 0.6 is 0 Å². The lowest BCUT2D eigenvalue weighted by Crippen LogP contribution is -2.48. The van der Waals surface area contributed by atoms with Crippen LogP contribution in [0.15, 0.2) is 18.2 Å². The van der Waals surface area contributed by atoms with E-state index in [-0.39, 0.29) is 17.6 Å². The summed E-state index contributed by atoms with van der Waals surface area (Å²) in [7, 11) is 0. The largest absolute Gasteiger partial charge is 0.395 e. The first-order valence-electron chi connectivity index (χ1n) is 5.71. The Balaban J connectivity index is 2.36. The van der Waals surface area contributed by atoms with E-state index in [1.807, 2.05) is 4.90 Å². The zero-order valence-electron chi connectivity index (χ0n) is 9.53. The normalized spacial score (nSPS) is 20.3. The number of nitrogens with two attached hydrogens (primary N) is 2. The number of benzene rings is 1. The summed E-state index contributed by atoms with van der Waals surface area (Å²) in [6, 6.07) is 4.24. The molecule has 1 unspecified atom stereocenters. The van der Waals surface area contributed by atoms with Crippen LogP contribution in [0.5, 0.6) is 0 Å². The molecule has 92 valence electrons. The summed E-state index contributed by atoms with van der Waals surface area (Å²) in [6.07, 6.45) is 2.62. The van der Waals surface area contributed by atoms with Crippen LogP contribution in [0, 0.1) is 5.82 Å². The van der Waals surface area contributed by atoms with Crippen LogP contribution in [-0.2, 0) is 4.79 Å². The molecule has 4 nitrogen and oxygen atoms in total. The van der Waals surface area contributed by atoms with Crippen molar-refractivity contribution in [3.8, 4) is 0 Å². The second kappa shape index (κ2) is 4.61. The average Bonchev–Trinajstić information content (AvgIpc) is 2.33. The van der Waals surface area contributed by atoms with E-state index in [0.717, 1.165) is 12.8 Å². The summed E-state index contributed by atoms with van der Waals surface area (Å²) in [5.41, 5.74) is 11.7. The predicted octanol–water partition coefficient (Wildman–Crippen LogP) is 1.25. The van der Waals surface area contributed by atoms with Gasteiger partial charge in [0.15, 0.2) is 0 Å². The van der Waals surface area contributed by atoms with E-state index < -0.39 is 5.82 Å². The van der Waals surface area contributed by atoms with Gasteiger partial charge >= 0.3 is 0 Å². The molecule has 1 amide bonds. The van der Waals surface area contributed by atoms with Crippen molar-refractivity contribution in [2.24, 2.45) is 5.73 Å². The van der Waals surface area contributed by atoms with Gasteiger partial charge < -0.3 is 16.4 Å². The Bertz CT molecular complexity index is 436. The smallest absolute Gasteiger partial charge is 0.240 e. The van der Waals surface area contributed by atoms with Crippen molar-refractivity contribution in [2.75, 3.05) is 17.2 Å². The number of halogens is 1. The highest BCUT2D eigenvalue weighted by atomic mass is 19.1. The van der Waals surface area contributed by atoms with E-state index in [4.69, 9.17) is 11.5 Å². The van der Waals surface area contributed by atoms with Crippen LogP contribution in [0.3, 0.4) is 0 Å². The fourth-order valence-electron chi connectivity index (χ4n) is 2.29. The maximum atomic E-state index is 13.4. The standard InChI is InChI=1S/C12H16FN3O/c13-8-4-3-6-9(11(8)14)16-7-2-1-5-10(16)12(15)17/h3-4,6,10H,1-2,5,7,14H2,(H2,15,17). The molecule has 2 rings (SSSR count). The maximum Gasteiger partial charge on any atom is 0.240 e. The quantitative estimate of drug-likeness (QED) is 0.760. The summed E-state index contributed by atoms with van der Waals surface area (Å²) in [5.74, 6) is -0.843. The lowest BCUT2D eigenvalue weighted by molar-refractivity contribution is -0.119. The summed E-state index contributed by atoms with van der Waals surface area (Å²) in [4.78, 5) is 13.2. The van der Waals surface area contributed by atoms with Crippen LogP contribution in [0.4, 0.5) is 15.8 Å². The Hall–Kier alpha value is -1.78. The molecule has 0 saturated carbocycles. The number of piperidine rings is 1. The van der Waals surface area contributed by atoms with Gasteiger partial charge in [-0.15, -0.1) is 0 Å². The summed E-state index contributed by atoms with van der Waals surface area (Å²) in [6.45, 7) is 0.682. The van der Waals surface area contributed by atoms with E-state index in [9.17, 15) is 9.18 Å². The number of primary amides is 1. The summed E-state index contributed by atoms with van der Waals surface area (Å²) >= 11 is 0. The van der Waals surface area contributed by atoms with E-state index in [1.54, 1.807) is 12.1 Å². The number of rotatable bonds is 2. The third kappa shape index (κ3) is 2.18. The van der Waals surface area contributed by atoms with Crippen molar-refractivity contribution < 1.29 is 9.18 Å². The number of nitrogens with zero attached hydrogens (tertiary/aromatic N) is 1. The van der Waals surface area contributed by atoms with Gasteiger partial charge in [-0.25, -0.2) is 4.39 Å². The topological polar surface area (TPSA) is 72.4 Å². The molecule has 17 heavy (non-hydrogen) atoms. The van der Waals surface area contributed by atoms with Crippen molar-refractivity contribution in [3.05, 3.63) is 24.0 Å². The second-order valence-electron chi connectivity index (χ2n) is 4.28. The van der Waals surface area contributed by atoms with E-state index in [0.29, 0.717) is 18.7 Å². The molecule has 5 heteroatoms. The van der Waals surface area contributed by atoms with Gasteiger partial charge in [-0.1, -0.05) is 6.07 Å². The second-order valence-corrected chi connectivity index (χ2v) is 4.28. The molecule has 1 heterocycles. The van der Waals surface area contributed by atoms with Gasteiger partial charge in [0.2, 0.25) is 5.91 Å². The number of carbonyl (C=O) groups excluding carboxylic acids is 1. The lowest BCUT2D eigenvalue weighted by atomic mass is 10.0. The first-order valence-corrected chi connectivity index (χ1v) is 5.71. The monoisotopic (exact) mass is 237 g/mol. The fraction of sp³-hybridized carbons (Fsp3) is 0.417. The van der Waals surface area contributed by atoms with Gasteiger partial charge in [0.25, 0.3) is 0 Å². The maximum absolute atomic E-state index is 13.4. The number of hydrogen-bond donors (Lipinski definition) is 2. The zero-order chi connectivity index (χ0) is 12.4. The molecule has 1 aliphatic heterocycles. The molecule has 1 fully saturated rings. The average molecular weight is 237 g/mol. The summed E-state index contributed by atoms with van der Waals surface area (Å²) in [5, 5.41) is 0. The van der Waals surface area contributed by atoms with Crippen molar-refractivity contribution in [1.29, 1.82) is 0 Å². The Kier molecular flexibility index (Phi) is 3.17. The van der Waals surface area contributed by atoms with Gasteiger partial charge in [-0.3, -0.25) is 4.79 Å². The molecular weight excluding hydrogens is 221 g/mol. The highest BCUT2D eigenvalue weighted by Gasteiger charge is 2.28. The molecule has 1 aliphatic rings. The molecule has 1 aromatic carbocycles. The molecule has 0 radical (unpaired) electrons. The van der Waals surface area contributed by atoms with E-state index in [2.05, 4.69) is 0 Å². The molecule has 1 aromatic rings. The minimum Gasteiger partial charge on any atom is -0.395 e. The minimum atomic E-state index is -0.462. The Morgan fingerprint density at radius 3 is 2.88 bits per heavy atom. The van der Waals surface area contributed by atoms with Crippen LogP contribution < -0.4 is 16.4 Å². The molecule has 1 saturated heterocycles. The first kappa shape index (κ1) is 11.7. The molecule has 0 bridgehead atoms. The van der Waals surface area contributed by atoms with Crippen molar-refractivity contribution in [3.63, 3.8) is 0 Å². The highest BCUT2D eigenvalue weighted by molar-refractivity contribution is 5.85. The van der Waals surface area contributed by atoms with Crippen LogP contribution in [0.25, 0.3) is 0 Å². The third-order valence-corrected chi connectivity index (χ3v) is 3.17. The van der Waals surface area contributed by atoms with Gasteiger partial charge in [0.1, 0.15) is 11.9 Å². The molecule has 0 spiro atoms. The van der Waals surface area contributed by atoms with E-state index >= 15 is 0 Å². The number of anilines is 2. The SMILES string of the molecule is NC(=O)C1CCCCN1c1cccc(F)c1N. The van der Waals surface area contributed by atoms with Crippen molar-refractivity contribution >= 4 is 17.3 Å². The van der Waals surface area contributed by atoms with Gasteiger partial charge in [-0.05, 0) is 31.4 Å². The fourth-order valence-corrected chi connectivity index (χ4v) is 2.29. The Morgan fingerprint density at radius 1 is 1.41 bits per heavy atom. The number of carbonyl (C=O) groups is 1. The van der Waals surface area contributed by atoms with E-state index in [1.165, 1.54) is 6.07 Å². The molecule has 0 aromatic heterocycles. The van der Waals surface area contributed by atoms with Crippen molar-refractivity contribution in [2.45, 2.75) is 25.3 Å². The number of amides is 1. The van der Waals surface area contributed by atoms with Crippen LogP contribution in [0.2, 0.25) is 0 Å². The molecular formula is C12H16FN3O. The molecule has 4 N–H and O–H groups in total. The third-order valence-electron chi connectivity index (χ3n) is 3.17. The van der Waals surface area contributed by atoms with Crippen LogP contribution in [-0.4, -0.2) is 18.5 Å². The minimum absolute atomic E-state index is 0.0839. The lowest BCUT2D eigenvalue weighted by Gasteiger charge is -2.36. The highest BCUT2D eigenvalue weighted by Crippen LogP contribution is 2.30. The van der Waals surface area contributed by atoms with Crippen LogP contribution in [0.1, 0.15) is 19.3 Å². The van der Waals surface area contributed by atoms with Crippen molar-refractivity contribution in [1.82, 2.24) is 0 Å². The molecule has 1 atom stereocenters.